The lowest BCUT2D eigenvalue weighted by Gasteiger charge is -2.33. The molecular weight excluding hydrogens is 302 g/mol. The van der Waals surface area contributed by atoms with E-state index in [-0.39, 0.29) is 0 Å². The maximum Gasteiger partial charge on any atom is 0.433 e. The zero-order valence-corrected chi connectivity index (χ0v) is 10.6. The van der Waals surface area contributed by atoms with Gasteiger partial charge in [0.2, 0.25) is 5.83 Å². The Balaban J connectivity index is 2.04. The standard InChI is InChI=1S/C10H9ClF2N2O5/c11-2-9(3-16)6(18)10(13)7(20-9)15(10)1-4(12)5(17)14-8(15)19/h1,6-7,16,18H,2-3H2/p+1/t6-,7-,9-,10-,15?/m1/s1. The number of rotatable bonds is 2. The molecule has 3 aliphatic heterocycles. The highest BCUT2D eigenvalue weighted by atomic mass is 35.5. The lowest BCUT2D eigenvalue weighted by atomic mass is 9.98. The van der Waals surface area contributed by atoms with E-state index in [1.54, 1.807) is 5.32 Å². The van der Waals surface area contributed by atoms with Gasteiger partial charge in [-0.15, -0.1) is 16.1 Å². The van der Waals surface area contributed by atoms with Gasteiger partial charge in [0, 0.05) is 0 Å². The summed E-state index contributed by atoms with van der Waals surface area (Å²) in [5, 5.41) is 20.9. The van der Waals surface area contributed by atoms with Crippen molar-refractivity contribution >= 4 is 23.5 Å². The van der Waals surface area contributed by atoms with Crippen LogP contribution in [0.2, 0.25) is 0 Å². The second kappa shape index (κ2) is 3.74. The minimum atomic E-state index is -2.69. The maximum absolute atomic E-state index is 14.9. The Labute approximate surface area is 115 Å². The number of halogens is 3. The first-order valence-corrected chi connectivity index (χ1v) is 6.18. The smallest absolute Gasteiger partial charge is 0.393 e. The molecule has 3 heterocycles. The van der Waals surface area contributed by atoms with Gasteiger partial charge in [-0.1, -0.05) is 0 Å². The molecule has 110 valence electrons. The molecule has 5 atom stereocenters. The highest BCUT2D eigenvalue weighted by Gasteiger charge is 2.97. The highest BCUT2D eigenvalue weighted by Crippen LogP contribution is 2.64. The van der Waals surface area contributed by atoms with Crippen LogP contribution in [0.4, 0.5) is 13.6 Å². The fourth-order valence-corrected chi connectivity index (χ4v) is 3.09. The number of ether oxygens (including phenoxy) is 1. The Morgan fingerprint density at radius 2 is 2.20 bits per heavy atom. The van der Waals surface area contributed by atoms with Gasteiger partial charge in [-0.05, 0) is 0 Å². The summed E-state index contributed by atoms with van der Waals surface area (Å²) in [6.07, 6.45) is -3.06. The molecule has 20 heavy (non-hydrogen) atoms. The van der Waals surface area contributed by atoms with Crippen molar-refractivity contribution in [2.45, 2.75) is 23.7 Å². The SMILES string of the molecule is O=C1NC(=O)[N+]2(C=C1F)[C@@H]1O[C@@](CO)(CCl)[C@@H](O)[C@]12F. The predicted octanol–water partition coefficient (Wildman–Crippen LogP) is -0.770. The summed E-state index contributed by atoms with van der Waals surface area (Å²) < 4.78 is 32.1. The topological polar surface area (TPSA) is 95.9 Å². The lowest BCUT2D eigenvalue weighted by Crippen LogP contribution is -2.61. The van der Waals surface area contributed by atoms with E-state index in [1.807, 2.05) is 0 Å². The Kier molecular flexibility index (Phi) is 2.59. The summed E-state index contributed by atoms with van der Waals surface area (Å²) in [4.78, 5) is 22.8. The van der Waals surface area contributed by atoms with Gasteiger partial charge < -0.3 is 14.9 Å². The molecule has 0 bridgehead atoms. The third kappa shape index (κ3) is 1.19. The number of hydrogen-bond donors (Lipinski definition) is 3. The molecule has 0 aliphatic carbocycles. The van der Waals surface area contributed by atoms with Crippen molar-refractivity contribution in [2.75, 3.05) is 12.5 Å². The molecule has 1 unspecified atom stereocenters. The second-order valence-corrected chi connectivity index (χ2v) is 5.24. The quantitative estimate of drug-likeness (QED) is 0.269. The van der Waals surface area contributed by atoms with Gasteiger partial charge in [-0.3, -0.25) is 4.79 Å². The molecule has 3 aliphatic rings. The van der Waals surface area contributed by atoms with Crippen LogP contribution in [0.25, 0.3) is 0 Å². The predicted molar refractivity (Wildman–Crippen MR) is 58.2 cm³/mol. The molecule has 3 rings (SSSR count). The number of aliphatic hydroxyl groups excluding tert-OH is 2. The molecule has 0 aromatic heterocycles. The number of aliphatic hydroxyl groups is 2. The molecule has 10 heteroatoms. The zero-order chi connectivity index (χ0) is 14.9. The Bertz CT molecular complexity index is 554. The Morgan fingerprint density at radius 3 is 2.65 bits per heavy atom. The van der Waals surface area contributed by atoms with E-state index >= 15 is 0 Å². The van der Waals surface area contributed by atoms with Crippen LogP contribution in [0, 0.1) is 0 Å². The number of alkyl halides is 2. The van der Waals surface area contributed by atoms with Gasteiger partial charge in [0.25, 0.3) is 5.91 Å². The van der Waals surface area contributed by atoms with Crippen molar-refractivity contribution in [3.63, 3.8) is 0 Å². The number of amides is 3. The Morgan fingerprint density at radius 1 is 1.55 bits per heavy atom. The fourth-order valence-electron chi connectivity index (χ4n) is 2.80. The van der Waals surface area contributed by atoms with Crippen molar-refractivity contribution in [1.82, 2.24) is 5.32 Å². The van der Waals surface area contributed by atoms with Crippen molar-refractivity contribution < 1.29 is 37.8 Å². The number of carbonyl (C=O) groups is 2. The average Bonchev–Trinajstić information content (AvgIpc) is 2.82. The lowest BCUT2D eigenvalue weighted by molar-refractivity contribution is -0.749. The minimum absolute atomic E-state index is 0.417. The summed E-state index contributed by atoms with van der Waals surface area (Å²) >= 11 is 5.56. The van der Waals surface area contributed by atoms with Crippen molar-refractivity contribution in [3.8, 4) is 0 Å². The minimum Gasteiger partial charge on any atom is -0.393 e. The highest BCUT2D eigenvalue weighted by molar-refractivity contribution is 6.18. The molecule has 0 saturated carbocycles. The monoisotopic (exact) mass is 311 g/mol. The van der Waals surface area contributed by atoms with E-state index in [0.29, 0.717) is 6.20 Å². The summed E-state index contributed by atoms with van der Waals surface area (Å²) in [7, 11) is 0. The third-order valence-corrected chi connectivity index (χ3v) is 4.48. The summed E-state index contributed by atoms with van der Waals surface area (Å²) in [5.74, 6) is -5.75. The number of nitrogens with zero attached hydrogens (tertiary/aromatic N) is 1. The zero-order valence-electron chi connectivity index (χ0n) is 9.85. The molecule has 2 saturated heterocycles. The van der Waals surface area contributed by atoms with Gasteiger partial charge in [-0.25, -0.2) is 10.1 Å². The largest absolute Gasteiger partial charge is 0.433 e. The first kappa shape index (κ1) is 13.8. The number of fused-ring (bicyclic) bond motifs is 3. The van der Waals surface area contributed by atoms with E-state index in [0.717, 1.165) is 0 Å². The first-order chi connectivity index (χ1) is 9.30. The van der Waals surface area contributed by atoms with Crippen molar-refractivity contribution in [2.24, 2.45) is 0 Å². The fraction of sp³-hybridized carbons (Fsp3) is 0.600. The van der Waals surface area contributed by atoms with Crippen LogP contribution >= 0.6 is 11.6 Å². The van der Waals surface area contributed by atoms with Crippen molar-refractivity contribution in [3.05, 3.63) is 12.0 Å². The van der Waals surface area contributed by atoms with Gasteiger partial charge in [0.05, 0.1) is 12.5 Å². The molecule has 3 N–H and O–H groups in total. The molecule has 0 radical (unpaired) electrons. The number of carbonyl (C=O) groups excluding carboxylic acids is 2. The number of urea groups is 1. The van der Waals surface area contributed by atoms with Crippen LogP contribution in [0.1, 0.15) is 0 Å². The van der Waals surface area contributed by atoms with Crippen LogP contribution in [-0.2, 0) is 9.53 Å². The molecular formula is C10H10ClF2N2O5+. The third-order valence-electron chi connectivity index (χ3n) is 4.03. The average molecular weight is 312 g/mol. The van der Waals surface area contributed by atoms with Gasteiger partial charge in [-0.2, -0.15) is 8.78 Å². The molecule has 7 nitrogen and oxygen atoms in total. The van der Waals surface area contributed by atoms with E-state index in [1.165, 1.54) is 0 Å². The number of imide groups is 1. The van der Waals surface area contributed by atoms with E-state index in [2.05, 4.69) is 0 Å². The first-order valence-electron chi connectivity index (χ1n) is 5.64. The number of nitrogens with one attached hydrogen (secondary N) is 1. The second-order valence-electron chi connectivity index (χ2n) is 4.97. The molecule has 2 fully saturated rings. The molecule has 1 spiro atoms. The van der Waals surface area contributed by atoms with Gasteiger partial charge in [0.1, 0.15) is 5.60 Å². The van der Waals surface area contributed by atoms with Crippen LogP contribution in [0.15, 0.2) is 12.0 Å². The normalized spacial score (nSPS) is 50.0. The number of hydrogen-bond acceptors (Lipinski definition) is 5. The van der Waals surface area contributed by atoms with Crippen molar-refractivity contribution in [1.29, 1.82) is 0 Å². The van der Waals surface area contributed by atoms with Crippen LogP contribution in [-0.4, -0.2) is 62.8 Å². The molecule has 0 aromatic carbocycles. The van der Waals surface area contributed by atoms with E-state index in [4.69, 9.17) is 16.3 Å². The summed E-state index contributed by atoms with van der Waals surface area (Å²) in [5.41, 5.74) is -1.77. The Hall–Kier alpha value is -1.13. The maximum atomic E-state index is 14.9. The van der Waals surface area contributed by atoms with Crippen LogP contribution in [0.3, 0.4) is 0 Å². The van der Waals surface area contributed by atoms with Crippen LogP contribution in [0.5, 0.6) is 0 Å². The molecule has 0 aromatic rings. The summed E-state index contributed by atoms with van der Waals surface area (Å²) in [6.45, 7) is -0.771. The van der Waals surface area contributed by atoms with Gasteiger partial charge in [0.15, 0.2) is 12.3 Å². The van der Waals surface area contributed by atoms with Gasteiger partial charge >= 0.3 is 18.1 Å². The summed E-state index contributed by atoms with van der Waals surface area (Å²) in [6, 6.07) is -1.15. The number of quaternary nitrogens is 1. The van der Waals surface area contributed by atoms with Crippen LogP contribution < -0.4 is 5.32 Å². The molecule has 3 amide bonds. The van der Waals surface area contributed by atoms with E-state index in [9.17, 15) is 28.6 Å². The van der Waals surface area contributed by atoms with E-state index < -0.39 is 58.5 Å².